The van der Waals surface area contributed by atoms with Crippen LogP contribution < -0.4 is 9.47 Å². The molecule has 138 valence electrons. The molecule has 1 aliphatic carbocycles. The molecular formula is C21H24FNO3. The highest BCUT2D eigenvalue weighted by atomic mass is 19.1. The van der Waals surface area contributed by atoms with E-state index in [0.717, 1.165) is 35.5 Å². The van der Waals surface area contributed by atoms with E-state index in [-0.39, 0.29) is 11.7 Å². The van der Waals surface area contributed by atoms with Gasteiger partial charge in [0.25, 0.3) is 0 Å². The second kappa shape index (κ2) is 8.21. The SMILES string of the molecule is COc1ccc(OC)c(CN(C(=O)CCc2ccc(F)cc2)C2CC2)c1. The summed E-state index contributed by atoms with van der Waals surface area (Å²) in [5.41, 5.74) is 1.91. The fraction of sp³-hybridized carbons (Fsp3) is 0.381. The molecule has 0 bridgehead atoms. The minimum absolute atomic E-state index is 0.113. The molecule has 1 aliphatic rings. The summed E-state index contributed by atoms with van der Waals surface area (Å²) in [7, 11) is 3.25. The summed E-state index contributed by atoms with van der Waals surface area (Å²) in [5, 5.41) is 0. The molecule has 0 aliphatic heterocycles. The van der Waals surface area contributed by atoms with E-state index >= 15 is 0 Å². The average Bonchev–Trinajstić information content (AvgIpc) is 3.50. The van der Waals surface area contributed by atoms with Gasteiger partial charge in [-0.2, -0.15) is 0 Å². The number of hydrogen-bond acceptors (Lipinski definition) is 3. The summed E-state index contributed by atoms with van der Waals surface area (Å²) < 4.78 is 23.7. The molecule has 3 rings (SSSR count). The standard InChI is InChI=1S/C21H24FNO3/c1-25-19-10-11-20(26-2)16(13-19)14-23(18-8-9-18)21(24)12-5-15-3-6-17(22)7-4-15/h3-4,6-7,10-11,13,18H,5,8-9,12,14H2,1-2H3. The number of hydrogen-bond donors (Lipinski definition) is 0. The molecule has 0 N–H and O–H groups in total. The first-order chi connectivity index (χ1) is 12.6. The molecule has 2 aromatic rings. The number of halogens is 1. The van der Waals surface area contributed by atoms with Crippen LogP contribution in [0, 0.1) is 5.82 Å². The Morgan fingerprint density at radius 2 is 1.85 bits per heavy atom. The van der Waals surface area contributed by atoms with E-state index in [1.54, 1.807) is 26.4 Å². The minimum Gasteiger partial charge on any atom is -0.497 e. The van der Waals surface area contributed by atoms with Crippen LogP contribution in [-0.4, -0.2) is 31.1 Å². The number of carbonyl (C=O) groups excluding carboxylic acids is 1. The number of carbonyl (C=O) groups is 1. The Morgan fingerprint density at radius 3 is 2.46 bits per heavy atom. The molecule has 0 aromatic heterocycles. The summed E-state index contributed by atoms with van der Waals surface area (Å²) in [6, 6.07) is 12.2. The van der Waals surface area contributed by atoms with Crippen LogP contribution in [-0.2, 0) is 17.8 Å². The monoisotopic (exact) mass is 357 g/mol. The van der Waals surface area contributed by atoms with Gasteiger partial charge in [-0.25, -0.2) is 4.39 Å². The quantitative estimate of drug-likeness (QED) is 0.718. The van der Waals surface area contributed by atoms with Gasteiger partial charge in [0, 0.05) is 24.6 Å². The molecule has 4 nitrogen and oxygen atoms in total. The summed E-state index contributed by atoms with van der Waals surface area (Å²) in [5.74, 6) is 1.35. The Bertz CT molecular complexity index is 756. The van der Waals surface area contributed by atoms with Crippen LogP contribution in [0.2, 0.25) is 0 Å². The number of ether oxygens (including phenoxy) is 2. The van der Waals surface area contributed by atoms with Gasteiger partial charge in [0.15, 0.2) is 0 Å². The van der Waals surface area contributed by atoms with E-state index in [2.05, 4.69) is 0 Å². The number of benzene rings is 2. The maximum absolute atomic E-state index is 13.0. The summed E-state index contributed by atoms with van der Waals surface area (Å²) in [6.07, 6.45) is 3.09. The molecule has 1 fully saturated rings. The molecule has 0 saturated heterocycles. The zero-order valence-corrected chi connectivity index (χ0v) is 15.2. The molecule has 5 heteroatoms. The number of nitrogens with zero attached hydrogens (tertiary/aromatic N) is 1. The highest BCUT2D eigenvalue weighted by Gasteiger charge is 2.32. The Labute approximate surface area is 153 Å². The molecule has 0 radical (unpaired) electrons. The first-order valence-electron chi connectivity index (χ1n) is 8.85. The van der Waals surface area contributed by atoms with Crippen molar-refractivity contribution in [3.05, 3.63) is 59.4 Å². The largest absolute Gasteiger partial charge is 0.497 e. The number of amides is 1. The van der Waals surface area contributed by atoms with Crippen molar-refractivity contribution in [2.75, 3.05) is 14.2 Å². The molecular weight excluding hydrogens is 333 g/mol. The number of rotatable bonds is 8. The van der Waals surface area contributed by atoms with Crippen molar-refractivity contribution in [3.8, 4) is 11.5 Å². The predicted octanol–water partition coefficient (Wildman–Crippen LogP) is 3.97. The molecule has 1 saturated carbocycles. The van der Waals surface area contributed by atoms with Gasteiger partial charge < -0.3 is 14.4 Å². The Morgan fingerprint density at radius 1 is 1.12 bits per heavy atom. The minimum atomic E-state index is -0.259. The Balaban J connectivity index is 1.69. The van der Waals surface area contributed by atoms with E-state index < -0.39 is 0 Å². The zero-order chi connectivity index (χ0) is 18.5. The summed E-state index contributed by atoms with van der Waals surface area (Å²) in [6.45, 7) is 0.507. The average molecular weight is 357 g/mol. The molecule has 2 aromatic carbocycles. The van der Waals surface area contributed by atoms with Crippen LogP contribution in [0.4, 0.5) is 4.39 Å². The Kier molecular flexibility index (Phi) is 5.76. The van der Waals surface area contributed by atoms with Crippen molar-refractivity contribution in [2.45, 2.75) is 38.3 Å². The fourth-order valence-corrected chi connectivity index (χ4v) is 3.04. The van der Waals surface area contributed by atoms with Gasteiger partial charge in [-0.1, -0.05) is 12.1 Å². The van der Waals surface area contributed by atoms with Gasteiger partial charge >= 0.3 is 0 Å². The van der Waals surface area contributed by atoms with Crippen LogP contribution in [0.5, 0.6) is 11.5 Å². The molecule has 0 atom stereocenters. The normalized spacial score (nSPS) is 13.3. The van der Waals surface area contributed by atoms with Crippen molar-refractivity contribution in [1.82, 2.24) is 4.90 Å². The molecule has 0 heterocycles. The van der Waals surface area contributed by atoms with Crippen LogP contribution in [0.1, 0.15) is 30.4 Å². The van der Waals surface area contributed by atoms with E-state index in [9.17, 15) is 9.18 Å². The first-order valence-corrected chi connectivity index (χ1v) is 8.85. The van der Waals surface area contributed by atoms with Crippen molar-refractivity contribution in [3.63, 3.8) is 0 Å². The van der Waals surface area contributed by atoms with Gasteiger partial charge in [0.05, 0.1) is 14.2 Å². The lowest BCUT2D eigenvalue weighted by Gasteiger charge is -2.24. The third kappa shape index (κ3) is 4.54. The lowest BCUT2D eigenvalue weighted by molar-refractivity contribution is -0.132. The van der Waals surface area contributed by atoms with E-state index in [0.29, 0.717) is 25.4 Å². The van der Waals surface area contributed by atoms with Gasteiger partial charge in [-0.05, 0) is 55.2 Å². The van der Waals surface area contributed by atoms with Crippen molar-refractivity contribution >= 4 is 5.91 Å². The van der Waals surface area contributed by atoms with E-state index in [1.165, 1.54) is 12.1 Å². The van der Waals surface area contributed by atoms with Gasteiger partial charge in [-0.3, -0.25) is 4.79 Å². The van der Waals surface area contributed by atoms with Crippen molar-refractivity contribution < 1.29 is 18.7 Å². The molecule has 0 spiro atoms. The van der Waals surface area contributed by atoms with Gasteiger partial charge in [0.2, 0.25) is 5.91 Å². The lowest BCUT2D eigenvalue weighted by Crippen LogP contribution is -2.32. The predicted molar refractivity (Wildman–Crippen MR) is 97.8 cm³/mol. The fourth-order valence-electron chi connectivity index (χ4n) is 3.04. The second-order valence-electron chi connectivity index (χ2n) is 6.56. The van der Waals surface area contributed by atoms with E-state index in [4.69, 9.17) is 9.47 Å². The van der Waals surface area contributed by atoms with Gasteiger partial charge in [0.1, 0.15) is 17.3 Å². The zero-order valence-electron chi connectivity index (χ0n) is 15.2. The van der Waals surface area contributed by atoms with Crippen molar-refractivity contribution in [2.24, 2.45) is 0 Å². The summed E-state index contributed by atoms with van der Waals surface area (Å²) >= 11 is 0. The van der Waals surface area contributed by atoms with Crippen LogP contribution in [0.25, 0.3) is 0 Å². The second-order valence-corrected chi connectivity index (χ2v) is 6.56. The number of aryl methyl sites for hydroxylation is 1. The van der Waals surface area contributed by atoms with Crippen LogP contribution >= 0.6 is 0 Å². The third-order valence-corrected chi connectivity index (χ3v) is 4.68. The van der Waals surface area contributed by atoms with Crippen LogP contribution in [0.3, 0.4) is 0 Å². The molecule has 0 unspecified atom stereocenters. The van der Waals surface area contributed by atoms with Crippen molar-refractivity contribution in [1.29, 1.82) is 0 Å². The smallest absolute Gasteiger partial charge is 0.223 e. The highest BCUT2D eigenvalue weighted by molar-refractivity contribution is 5.77. The highest BCUT2D eigenvalue weighted by Crippen LogP contribution is 2.32. The summed E-state index contributed by atoms with van der Waals surface area (Å²) in [4.78, 5) is 14.7. The topological polar surface area (TPSA) is 38.8 Å². The lowest BCUT2D eigenvalue weighted by atomic mass is 10.1. The maximum atomic E-state index is 13.0. The van der Waals surface area contributed by atoms with Gasteiger partial charge in [-0.15, -0.1) is 0 Å². The van der Waals surface area contributed by atoms with Crippen LogP contribution in [0.15, 0.2) is 42.5 Å². The maximum Gasteiger partial charge on any atom is 0.223 e. The molecule has 1 amide bonds. The first kappa shape index (κ1) is 18.2. The third-order valence-electron chi connectivity index (χ3n) is 4.68. The Hall–Kier alpha value is -2.56. The molecule has 26 heavy (non-hydrogen) atoms. The van der Waals surface area contributed by atoms with E-state index in [1.807, 2.05) is 23.1 Å². The number of methoxy groups -OCH3 is 2.